The van der Waals surface area contributed by atoms with Crippen molar-refractivity contribution >= 4 is 5.69 Å². The predicted molar refractivity (Wildman–Crippen MR) is 68.4 cm³/mol. The molecule has 0 atom stereocenters. The molecule has 3 nitrogen and oxygen atoms in total. The van der Waals surface area contributed by atoms with Crippen LogP contribution in [0.5, 0.6) is 5.75 Å². The molecule has 2 N–H and O–H groups in total. The lowest BCUT2D eigenvalue weighted by Gasteiger charge is -2.11. The van der Waals surface area contributed by atoms with Crippen LogP contribution in [0.1, 0.15) is 22.6 Å². The van der Waals surface area contributed by atoms with Crippen molar-refractivity contribution < 1.29 is 9.52 Å². The van der Waals surface area contributed by atoms with Gasteiger partial charge >= 0.3 is 0 Å². The van der Waals surface area contributed by atoms with Crippen molar-refractivity contribution in [3.05, 3.63) is 46.9 Å². The number of phenolic OH excluding ortho intramolecular Hbond substituents is 1. The van der Waals surface area contributed by atoms with Gasteiger partial charge in [0.2, 0.25) is 0 Å². The van der Waals surface area contributed by atoms with Gasteiger partial charge in [0.1, 0.15) is 17.3 Å². The molecule has 3 heteroatoms. The molecule has 0 aliphatic heterocycles. The molecule has 0 fully saturated rings. The lowest BCUT2D eigenvalue weighted by molar-refractivity contribution is 0.467. The smallest absolute Gasteiger partial charge is 0.123 e. The molecule has 0 aliphatic carbocycles. The van der Waals surface area contributed by atoms with Gasteiger partial charge in [-0.15, -0.1) is 0 Å². The highest BCUT2D eigenvalue weighted by Gasteiger charge is 2.06. The topological polar surface area (TPSA) is 45.4 Å². The maximum atomic E-state index is 9.83. The normalized spacial score (nSPS) is 10.5. The number of phenols is 1. The number of anilines is 1. The highest BCUT2D eigenvalue weighted by atomic mass is 16.3. The van der Waals surface area contributed by atoms with E-state index in [4.69, 9.17) is 4.42 Å². The number of benzene rings is 1. The van der Waals surface area contributed by atoms with Crippen molar-refractivity contribution in [2.24, 2.45) is 0 Å². The van der Waals surface area contributed by atoms with Crippen LogP contribution in [0.4, 0.5) is 5.69 Å². The highest BCUT2D eigenvalue weighted by molar-refractivity contribution is 5.59. The average Bonchev–Trinajstić information content (AvgIpc) is 2.71. The van der Waals surface area contributed by atoms with Gasteiger partial charge in [-0.1, -0.05) is 6.07 Å². The first-order chi connectivity index (χ1) is 8.08. The van der Waals surface area contributed by atoms with E-state index in [2.05, 4.69) is 5.32 Å². The Labute approximate surface area is 101 Å². The Hall–Kier alpha value is -1.90. The van der Waals surface area contributed by atoms with E-state index in [-0.39, 0.29) is 0 Å². The van der Waals surface area contributed by atoms with Gasteiger partial charge in [-0.25, -0.2) is 0 Å². The number of aryl methyl sites for hydroxylation is 2. The summed E-state index contributed by atoms with van der Waals surface area (Å²) in [5, 5.41) is 13.1. The SMILES string of the molecule is Cc1ccc(CNc2ccc(C)c(O)c2C)o1. The van der Waals surface area contributed by atoms with Gasteiger partial charge in [-0.05, 0) is 44.5 Å². The number of aromatic hydroxyl groups is 1. The molecule has 0 bridgehead atoms. The van der Waals surface area contributed by atoms with Crippen LogP contribution in [0.15, 0.2) is 28.7 Å². The van der Waals surface area contributed by atoms with E-state index in [1.54, 1.807) is 0 Å². The summed E-state index contributed by atoms with van der Waals surface area (Å²) >= 11 is 0. The third kappa shape index (κ3) is 2.44. The number of furan rings is 1. The number of hydrogen-bond acceptors (Lipinski definition) is 3. The minimum absolute atomic E-state index is 0.352. The van der Waals surface area contributed by atoms with Crippen LogP contribution in [0.2, 0.25) is 0 Å². The van der Waals surface area contributed by atoms with E-state index in [1.807, 2.05) is 45.0 Å². The summed E-state index contributed by atoms with van der Waals surface area (Å²) in [6, 6.07) is 7.76. The van der Waals surface area contributed by atoms with Crippen LogP contribution in [-0.2, 0) is 6.54 Å². The zero-order valence-electron chi connectivity index (χ0n) is 10.4. The summed E-state index contributed by atoms with van der Waals surface area (Å²) in [5.74, 6) is 2.15. The summed E-state index contributed by atoms with van der Waals surface area (Å²) in [4.78, 5) is 0. The van der Waals surface area contributed by atoms with Crippen LogP contribution in [0, 0.1) is 20.8 Å². The molecule has 0 aliphatic rings. The Morgan fingerprint density at radius 1 is 1.12 bits per heavy atom. The van der Waals surface area contributed by atoms with E-state index in [9.17, 15) is 5.11 Å². The van der Waals surface area contributed by atoms with Gasteiger partial charge in [0.25, 0.3) is 0 Å². The van der Waals surface area contributed by atoms with Gasteiger partial charge in [0, 0.05) is 11.3 Å². The molecular weight excluding hydrogens is 214 g/mol. The van der Waals surface area contributed by atoms with Crippen LogP contribution < -0.4 is 5.32 Å². The number of hydrogen-bond donors (Lipinski definition) is 2. The first-order valence-electron chi connectivity index (χ1n) is 5.66. The Bertz CT molecular complexity index is 529. The molecule has 1 aromatic carbocycles. The van der Waals surface area contributed by atoms with Gasteiger partial charge < -0.3 is 14.8 Å². The first-order valence-corrected chi connectivity index (χ1v) is 5.66. The standard InChI is InChI=1S/C14H17NO2/c1-9-4-7-13(11(3)14(9)16)15-8-12-6-5-10(2)17-12/h4-7,15-16H,8H2,1-3H3. The van der Waals surface area contributed by atoms with Crippen molar-refractivity contribution in [2.45, 2.75) is 27.3 Å². The fourth-order valence-corrected chi connectivity index (χ4v) is 1.79. The maximum Gasteiger partial charge on any atom is 0.123 e. The van der Waals surface area contributed by atoms with Gasteiger partial charge in [0.15, 0.2) is 0 Å². The molecule has 2 aromatic rings. The molecule has 0 amide bonds. The van der Waals surface area contributed by atoms with Gasteiger partial charge in [-0.3, -0.25) is 0 Å². The van der Waals surface area contributed by atoms with Crippen molar-refractivity contribution in [2.75, 3.05) is 5.32 Å². The lowest BCUT2D eigenvalue weighted by Crippen LogP contribution is -2.00. The van der Waals surface area contributed by atoms with E-state index in [0.717, 1.165) is 28.3 Å². The second-order valence-corrected chi connectivity index (χ2v) is 4.27. The largest absolute Gasteiger partial charge is 0.507 e. The Morgan fingerprint density at radius 2 is 1.88 bits per heavy atom. The van der Waals surface area contributed by atoms with Crippen LogP contribution in [0.25, 0.3) is 0 Å². The second kappa shape index (κ2) is 4.53. The molecule has 0 saturated heterocycles. The zero-order valence-corrected chi connectivity index (χ0v) is 10.4. The Balaban J connectivity index is 2.12. The fraction of sp³-hybridized carbons (Fsp3) is 0.286. The summed E-state index contributed by atoms with van der Waals surface area (Å²) in [5.41, 5.74) is 2.69. The predicted octanol–water partition coefficient (Wildman–Crippen LogP) is 3.52. The van der Waals surface area contributed by atoms with E-state index >= 15 is 0 Å². The first kappa shape index (κ1) is 11.6. The minimum Gasteiger partial charge on any atom is -0.507 e. The molecule has 0 unspecified atom stereocenters. The Morgan fingerprint density at radius 3 is 2.53 bits per heavy atom. The summed E-state index contributed by atoms with van der Waals surface area (Å²) in [6.45, 7) is 6.34. The van der Waals surface area contributed by atoms with Gasteiger partial charge in [-0.2, -0.15) is 0 Å². The van der Waals surface area contributed by atoms with Crippen LogP contribution >= 0.6 is 0 Å². The van der Waals surface area contributed by atoms with E-state index < -0.39 is 0 Å². The van der Waals surface area contributed by atoms with Crippen molar-refractivity contribution in [3.8, 4) is 5.75 Å². The molecule has 0 saturated carbocycles. The molecule has 0 spiro atoms. The summed E-state index contributed by atoms with van der Waals surface area (Å²) in [6.07, 6.45) is 0. The fourth-order valence-electron chi connectivity index (χ4n) is 1.79. The van der Waals surface area contributed by atoms with E-state index in [0.29, 0.717) is 12.3 Å². The summed E-state index contributed by atoms with van der Waals surface area (Å²) in [7, 11) is 0. The number of nitrogens with one attached hydrogen (secondary N) is 1. The monoisotopic (exact) mass is 231 g/mol. The van der Waals surface area contributed by atoms with Gasteiger partial charge in [0.05, 0.1) is 6.54 Å². The van der Waals surface area contributed by atoms with E-state index in [1.165, 1.54) is 0 Å². The summed E-state index contributed by atoms with van der Waals surface area (Å²) < 4.78 is 5.47. The molecule has 1 aromatic heterocycles. The quantitative estimate of drug-likeness (QED) is 0.849. The molecular formula is C14H17NO2. The molecule has 17 heavy (non-hydrogen) atoms. The third-order valence-corrected chi connectivity index (χ3v) is 2.88. The van der Waals surface area contributed by atoms with Crippen LogP contribution in [0.3, 0.4) is 0 Å². The number of rotatable bonds is 3. The molecule has 2 rings (SSSR count). The van der Waals surface area contributed by atoms with Crippen molar-refractivity contribution in [1.82, 2.24) is 0 Å². The Kier molecular flexibility index (Phi) is 3.09. The molecule has 90 valence electrons. The minimum atomic E-state index is 0.352. The molecule has 0 radical (unpaired) electrons. The van der Waals surface area contributed by atoms with Crippen molar-refractivity contribution in [3.63, 3.8) is 0 Å². The third-order valence-electron chi connectivity index (χ3n) is 2.88. The highest BCUT2D eigenvalue weighted by Crippen LogP contribution is 2.28. The average molecular weight is 231 g/mol. The lowest BCUT2D eigenvalue weighted by atomic mass is 10.1. The molecule has 1 heterocycles. The van der Waals surface area contributed by atoms with Crippen molar-refractivity contribution in [1.29, 1.82) is 0 Å². The maximum absolute atomic E-state index is 9.83. The zero-order chi connectivity index (χ0) is 12.4. The second-order valence-electron chi connectivity index (χ2n) is 4.27. The van der Waals surface area contributed by atoms with Crippen LogP contribution in [-0.4, -0.2) is 5.11 Å².